The number of carbonyl (C=O) groups excluding carboxylic acids is 1. The van der Waals surface area contributed by atoms with Crippen LogP contribution >= 0.6 is 11.3 Å². The summed E-state index contributed by atoms with van der Waals surface area (Å²) in [6.07, 6.45) is -1.53. The molecular weight excluding hydrogens is 455 g/mol. The number of carbonyl (C=O) groups is 1. The first-order valence-corrected chi connectivity index (χ1v) is 11.0. The Morgan fingerprint density at radius 3 is 2.61 bits per heavy atom. The normalized spacial score (nSPS) is 14.9. The zero-order chi connectivity index (χ0) is 23.3. The molecule has 1 aliphatic heterocycles. The first-order valence-electron chi connectivity index (χ1n) is 10.2. The quantitative estimate of drug-likeness (QED) is 0.445. The molecule has 5 heterocycles. The summed E-state index contributed by atoms with van der Waals surface area (Å²) in [6, 6.07) is 7.45. The van der Waals surface area contributed by atoms with Crippen LogP contribution in [0.3, 0.4) is 0 Å². The van der Waals surface area contributed by atoms with Gasteiger partial charge in [0.05, 0.1) is 15.8 Å². The van der Waals surface area contributed by atoms with Crippen molar-refractivity contribution in [2.24, 2.45) is 0 Å². The summed E-state index contributed by atoms with van der Waals surface area (Å²) in [7, 11) is 0. The zero-order valence-corrected chi connectivity index (χ0v) is 18.3. The van der Waals surface area contributed by atoms with Gasteiger partial charge in [-0.05, 0) is 36.8 Å². The van der Waals surface area contributed by atoms with Gasteiger partial charge in [-0.1, -0.05) is 6.07 Å². The first kappa shape index (κ1) is 21.4. The van der Waals surface area contributed by atoms with Crippen molar-refractivity contribution in [3.05, 3.63) is 69.1 Å². The second-order valence-corrected chi connectivity index (χ2v) is 8.81. The summed E-state index contributed by atoms with van der Waals surface area (Å²) >= 11 is 1.15. The van der Waals surface area contributed by atoms with Crippen molar-refractivity contribution in [3.8, 4) is 0 Å². The van der Waals surface area contributed by atoms with Crippen molar-refractivity contribution >= 4 is 38.9 Å². The number of aromatic nitrogens is 3. The number of halogens is 3. The number of thiophene rings is 1. The monoisotopic (exact) mass is 473 g/mol. The number of hydrogen-bond donors (Lipinski definition) is 0. The SMILES string of the molecule is Cc1cccn2c(=O)c3cc(C(=O)N4CCN(c5ncccc5C(F)(F)F)CC4)sc3nc12. The minimum absolute atomic E-state index is 0.127. The lowest BCUT2D eigenvalue weighted by atomic mass is 10.2. The van der Waals surface area contributed by atoms with Gasteiger partial charge in [-0.3, -0.25) is 14.0 Å². The van der Waals surface area contributed by atoms with Crippen molar-refractivity contribution in [2.45, 2.75) is 13.1 Å². The number of alkyl halides is 3. The van der Waals surface area contributed by atoms with Gasteiger partial charge in [0, 0.05) is 38.6 Å². The Balaban J connectivity index is 1.39. The molecule has 7 nitrogen and oxygen atoms in total. The standard InChI is InChI=1S/C22H18F3N5O2S/c1-13-4-3-7-30-17(13)27-19-14(20(30)31)12-16(33-19)21(32)29-10-8-28(9-11-29)18-15(22(23,24)25)5-2-6-26-18/h2-7,12H,8-11H2,1H3. The Hall–Kier alpha value is -3.47. The maximum atomic E-state index is 13.3. The molecule has 0 aliphatic carbocycles. The van der Waals surface area contributed by atoms with E-state index in [9.17, 15) is 22.8 Å². The summed E-state index contributed by atoms with van der Waals surface area (Å²) in [6.45, 7) is 2.79. The Bertz CT molecular complexity index is 1440. The third-order valence-electron chi connectivity index (χ3n) is 5.70. The van der Waals surface area contributed by atoms with Gasteiger partial charge in [0.25, 0.3) is 11.5 Å². The smallest absolute Gasteiger partial charge is 0.353 e. The molecule has 0 radical (unpaired) electrons. The van der Waals surface area contributed by atoms with Crippen molar-refractivity contribution in [1.82, 2.24) is 19.3 Å². The summed E-state index contributed by atoms with van der Waals surface area (Å²) in [5, 5.41) is 0.369. The van der Waals surface area contributed by atoms with E-state index in [0.29, 0.717) is 20.7 Å². The van der Waals surface area contributed by atoms with E-state index in [1.807, 2.05) is 13.0 Å². The molecule has 5 rings (SSSR count). The molecule has 170 valence electrons. The van der Waals surface area contributed by atoms with Gasteiger partial charge >= 0.3 is 6.18 Å². The van der Waals surface area contributed by atoms with E-state index in [4.69, 9.17) is 0 Å². The van der Waals surface area contributed by atoms with Gasteiger partial charge in [-0.15, -0.1) is 11.3 Å². The molecule has 0 unspecified atom stereocenters. The molecular formula is C22H18F3N5O2S. The molecule has 4 aromatic heterocycles. The molecule has 33 heavy (non-hydrogen) atoms. The van der Waals surface area contributed by atoms with Crippen molar-refractivity contribution in [3.63, 3.8) is 0 Å². The Morgan fingerprint density at radius 2 is 1.88 bits per heavy atom. The number of nitrogens with zero attached hydrogens (tertiary/aromatic N) is 5. The maximum absolute atomic E-state index is 13.3. The fourth-order valence-corrected chi connectivity index (χ4v) is 5.00. The number of fused-ring (bicyclic) bond motifs is 2. The number of hydrogen-bond acceptors (Lipinski definition) is 6. The number of pyridine rings is 2. The minimum Gasteiger partial charge on any atom is -0.353 e. The highest BCUT2D eigenvalue weighted by Gasteiger charge is 2.36. The van der Waals surface area contributed by atoms with Crippen molar-refractivity contribution < 1.29 is 18.0 Å². The van der Waals surface area contributed by atoms with Crippen LogP contribution in [0.4, 0.5) is 19.0 Å². The topological polar surface area (TPSA) is 70.8 Å². The highest BCUT2D eigenvalue weighted by atomic mass is 32.1. The molecule has 0 atom stereocenters. The Morgan fingerprint density at radius 1 is 1.12 bits per heavy atom. The van der Waals surface area contributed by atoms with Crippen LogP contribution in [0.5, 0.6) is 0 Å². The van der Waals surface area contributed by atoms with E-state index in [-0.39, 0.29) is 43.5 Å². The number of piperazine rings is 1. The average Bonchev–Trinajstić information content (AvgIpc) is 3.24. The molecule has 1 amide bonds. The zero-order valence-electron chi connectivity index (χ0n) is 17.5. The van der Waals surface area contributed by atoms with Crippen LogP contribution < -0.4 is 10.5 Å². The predicted molar refractivity (Wildman–Crippen MR) is 119 cm³/mol. The van der Waals surface area contributed by atoms with E-state index >= 15 is 0 Å². The maximum Gasteiger partial charge on any atom is 0.419 e. The Kier molecular flexibility index (Phi) is 5.08. The van der Waals surface area contributed by atoms with Crippen LogP contribution in [0, 0.1) is 6.92 Å². The van der Waals surface area contributed by atoms with E-state index in [1.54, 1.807) is 28.1 Å². The third-order valence-corrected chi connectivity index (χ3v) is 6.72. The van der Waals surface area contributed by atoms with E-state index in [0.717, 1.165) is 23.0 Å². The predicted octanol–water partition coefficient (Wildman–Crippen LogP) is 3.59. The first-order chi connectivity index (χ1) is 15.7. The number of amides is 1. The highest BCUT2D eigenvalue weighted by molar-refractivity contribution is 7.20. The largest absolute Gasteiger partial charge is 0.419 e. The second-order valence-electron chi connectivity index (χ2n) is 7.78. The molecule has 1 aliphatic rings. The molecule has 0 N–H and O–H groups in total. The van der Waals surface area contributed by atoms with E-state index < -0.39 is 11.7 Å². The van der Waals surface area contributed by atoms with Crippen LogP contribution in [-0.2, 0) is 6.18 Å². The molecule has 11 heteroatoms. The summed E-state index contributed by atoms with van der Waals surface area (Å²) < 4.78 is 41.4. The summed E-state index contributed by atoms with van der Waals surface area (Å²) in [5.41, 5.74) is 0.360. The fraction of sp³-hybridized carbons (Fsp3) is 0.273. The van der Waals surface area contributed by atoms with E-state index in [1.165, 1.54) is 16.7 Å². The van der Waals surface area contributed by atoms with Gasteiger partial charge in [-0.25, -0.2) is 9.97 Å². The lowest BCUT2D eigenvalue weighted by Gasteiger charge is -2.36. The molecule has 0 aromatic carbocycles. The average molecular weight is 473 g/mol. The molecule has 0 bridgehead atoms. The van der Waals surface area contributed by atoms with E-state index in [2.05, 4.69) is 9.97 Å². The second kappa shape index (κ2) is 7.84. The molecule has 1 saturated heterocycles. The van der Waals surface area contributed by atoms with Crippen LogP contribution in [0.1, 0.15) is 20.8 Å². The lowest BCUT2D eigenvalue weighted by Crippen LogP contribution is -2.49. The van der Waals surface area contributed by atoms with Crippen molar-refractivity contribution in [2.75, 3.05) is 31.1 Å². The van der Waals surface area contributed by atoms with Crippen molar-refractivity contribution in [1.29, 1.82) is 0 Å². The number of anilines is 1. The minimum atomic E-state index is -4.50. The van der Waals surface area contributed by atoms with Crippen LogP contribution in [0.25, 0.3) is 15.9 Å². The van der Waals surface area contributed by atoms with Gasteiger partial charge in [0.2, 0.25) is 0 Å². The summed E-state index contributed by atoms with van der Waals surface area (Å²) in [4.78, 5) is 38.4. The molecule has 1 fully saturated rings. The number of rotatable bonds is 2. The number of aryl methyl sites for hydroxylation is 1. The molecule has 4 aromatic rings. The Labute approximate surface area is 189 Å². The van der Waals surface area contributed by atoms with Gasteiger partial charge in [0.15, 0.2) is 0 Å². The lowest BCUT2D eigenvalue weighted by molar-refractivity contribution is -0.137. The molecule has 0 spiro atoms. The van der Waals surface area contributed by atoms with Crippen LogP contribution in [0.2, 0.25) is 0 Å². The fourth-order valence-electron chi connectivity index (χ4n) is 4.01. The van der Waals surface area contributed by atoms with Crippen LogP contribution in [0.15, 0.2) is 47.5 Å². The van der Waals surface area contributed by atoms with Crippen LogP contribution in [-0.4, -0.2) is 51.4 Å². The van der Waals surface area contributed by atoms with Gasteiger partial charge < -0.3 is 9.80 Å². The van der Waals surface area contributed by atoms with Gasteiger partial charge in [-0.2, -0.15) is 13.2 Å². The van der Waals surface area contributed by atoms with Gasteiger partial charge in [0.1, 0.15) is 16.3 Å². The highest BCUT2D eigenvalue weighted by Crippen LogP contribution is 2.35. The third kappa shape index (κ3) is 3.71. The molecule has 0 saturated carbocycles. The summed E-state index contributed by atoms with van der Waals surface area (Å²) in [5.74, 6) is -0.391.